The average Bonchev–Trinajstić information content (AvgIpc) is 3.21. The number of rotatable bonds is 7. The fraction of sp³-hybridized carbons (Fsp3) is 0.208. The summed E-state index contributed by atoms with van der Waals surface area (Å²) < 4.78 is 5.96. The number of anilines is 1. The number of carboxylic acid groups (broad SMARTS) is 1. The van der Waals surface area contributed by atoms with Crippen molar-refractivity contribution in [2.45, 2.75) is 25.4 Å². The van der Waals surface area contributed by atoms with Crippen LogP contribution in [0.4, 0.5) is 5.82 Å². The number of hydrogen-bond donors (Lipinski definition) is 3. The normalized spacial score (nSPS) is 14.5. The van der Waals surface area contributed by atoms with Crippen LogP contribution >= 0.6 is 11.6 Å². The molecule has 0 bridgehead atoms. The minimum atomic E-state index is -0.966. The Morgan fingerprint density at radius 2 is 1.94 bits per heavy atom. The number of benzene rings is 2. The van der Waals surface area contributed by atoms with Crippen molar-refractivity contribution >= 4 is 29.3 Å². The van der Waals surface area contributed by atoms with Crippen LogP contribution < -0.4 is 15.8 Å². The number of aryl methyl sites for hydroxylation is 1. The van der Waals surface area contributed by atoms with Crippen LogP contribution in [0.25, 0.3) is 11.1 Å². The van der Waals surface area contributed by atoms with Gasteiger partial charge in [-0.15, -0.1) is 0 Å². The summed E-state index contributed by atoms with van der Waals surface area (Å²) in [4.78, 5) is 27.3. The van der Waals surface area contributed by atoms with Gasteiger partial charge in [0.1, 0.15) is 17.7 Å². The van der Waals surface area contributed by atoms with Gasteiger partial charge in [0.2, 0.25) is 5.91 Å². The number of fused-ring (bicyclic) bond motifs is 1. The zero-order valence-electron chi connectivity index (χ0n) is 17.2. The van der Waals surface area contributed by atoms with Gasteiger partial charge < -0.3 is 20.9 Å². The number of ether oxygens (including phenoxy) is 1. The smallest absolute Gasteiger partial charge is 0.335 e. The Morgan fingerprint density at radius 3 is 2.62 bits per heavy atom. The number of aromatic nitrogens is 1. The highest BCUT2D eigenvalue weighted by Gasteiger charge is 2.26. The van der Waals surface area contributed by atoms with Crippen molar-refractivity contribution < 1.29 is 19.4 Å². The number of nitrogens with zero attached hydrogens (tertiary/aromatic N) is 1. The number of carbonyl (C=O) groups is 2. The Bertz CT molecular complexity index is 1150. The van der Waals surface area contributed by atoms with E-state index in [9.17, 15) is 9.59 Å². The van der Waals surface area contributed by atoms with Crippen LogP contribution in [0.5, 0.6) is 5.75 Å². The predicted molar refractivity (Wildman–Crippen MR) is 122 cm³/mol. The standard InChI is InChI=1S/C24H22ClN3O4/c25-20-11-17(15-3-5-16(6-4-15)24(30)31)9-18-10-19(32-23(18)20)13-28-22(29)8-2-14-1-7-21(26)27-12-14/h1,3-7,9,11-12,19H,2,8,10,13H2,(H2,26,27)(H,28,29)(H,30,31). The number of carbonyl (C=O) groups excluding carboxylic acids is 1. The van der Waals surface area contributed by atoms with E-state index in [1.807, 2.05) is 12.1 Å². The maximum atomic E-state index is 12.2. The number of nitrogen functional groups attached to an aromatic ring is 1. The Hall–Kier alpha value is -3.58. The molecule has 1 unspecified atom stereocenters. The van der Waals surface area contributed by atoms with Crippen LogP contribution in [0, 0.1) is 0 Å². The van der Waals surface area contributed by atoms with E-state index in [1.165, 1.54) is 0 Å². The molecule has 0 radical (unpaired) electrons. The van der Waals surface area contributed by atoms with Gasteiger partial charge in [0.15, 0.2) is 0 Å². The van der Waals surface area contributed by atoms with Crippen molar-refractivity contribution in [1.82, 2.24) is 10.3 Å². The molecule has 1 aromatic heterocycles. The van der Waals surface area contributed by atoms with Crippen molar-refractivity contribution in [3.05, 3.63) is 76.4 Å². The first-order valence-electron chi connectivity index (χ1n) is 10.2. The monoisotopic (exact) mass is 451 g/mol. The second-order valence-electron chi connectivity index (χ2n) is 7.67. The largest absolute Gasteiger partial charge is 0.486 e. The SMILES string of the molecule is Nc1ccc(CCC(=O)NCC2Cc3cc(-c4ccc(C(=O)O)cc4)cc(Cl)c3O2)cn1. The van der Waals surface area contributed by atoms with E-state index in [1.54, 1.807) is 42.6 Å². The summed E-state index contributed by atoms with van der Waals surface area (Å²) in [5.41, 5.74) is 9.47. The molecular formula is C24H22ClN3O4. The number of nitrogens with two attached hydrogens (primary N) is 1. The number of pyridine rings is 1. The highest BCUT2D eigenvalue weighted by atomic mass is 35.5. The molecule has 4 N–H and O–H groups in total. The van der Waals surface area contributed by atoms with E-state index in [-0.39, 0.29) is 17.6 Å². The molecule has 1 aliphatic heterocycles. The third-order valence-electron chi connectivity index (χ3n) is 5.33. The summed E-state index contributed by atoms with van der Waals surface area (Å²) >= 11 is 6.44. The van der Waals surface area contributed by atoms with Gasteiger partial charge in [-0.25, -0.2) is 9.78 Å². The first kappa shape index (κ1) is 21.6. The fourth-order valence-corrected chi connectivity index (χ4v) is 3.91. The maximum Gasteiger partial charge on any atom is 0.335 e. The molecule has 0 saturated carbocycles. The molecule has 3 aromatic rings. The molecule has 0 aliphatic carbocycles. The summed E-state index contributed by atoms with van der Waals surface area (Å²) in [6, 6.07) is 14.0. The topological polar surface area (TPSA) is 115 Å². The zero-order valence-corrected chi connectivity index (χ0v) is 17.9. The maximum absolute atomic E-state index is 12.2. The zero-order chi connectivity index (χ0) is 22.7. The summed E-state index contributed by atoms with van der Waals surface area (Å²) in [5.74, 6) is 0.0543. The second kappa shape index (κ2) is 9.28. The van der Waals surface area contributed by atoms with Crippen LogP contribution in [-0.2, 0) is 17.6 Å². The van der Waals surface area contributed by atoms with Gasteiger partial charge in [0.05, 0.1) is 17.1 Å². The van der Waals surface area contributed by atoms with Crippen LogP contribution in [0.2, 0.25) is 5.02 Å². The molecule has 0 saturated heterocycles. The molecule has 1 amide bonds. The number of hydrogen-bond acceptors (Lipinski definition) is 5. The van der Waals surface area contributed by atoms with E-state index in [2.05, 4.69) is 10.3 Å². The third kappa shape index (κ3) is 5.00. The third-order valence-corrected chi connectivity index (χ3v) is 5.61. The lowest BCUT2D eigenvalue weighted by Crippen LogP contribution is -2.34. The molecule has 2 aromatic carbocycles. The van der Waals surface area contributed by atoms with Gasteiger partial charge in [-0.1, -0.05) is 29.8 Å². The van der Waals surface area contributed by atoms with Gasteiger partial charge in [0, 0.05) is 24.6 Å². The van der Waals surface area contributed by atoms with Crippen LogP contribution in [-0.4, -0.2) is 34.6 Å². The minimum Gasteiger partial charge on any atom is -0.486 e. The van der Waals surface area contributed by atoms with Gasteiger partial charge in [0.25, 0.3) is 0 Å². The second-order valence-corrected chi connectivity index (χ2v) is 8.08. The van der Waals surface area contributed by atoms with Gasteiger partial charge in [-0.2, -0.15) is 0 Å². The molecule has 1 atom stereocenters. The van der Waals surface area contributed by atoms with Crippen molar-refractivity contribution in [3.63, 3.8) is 0 Å². The Morgan fingerprint density at radius 1 is 1.16 bits per heavy atom. The van der Waals surface area contributed by atoms with E-state index >= 15 is 0 Å². The Balaban J connectivity index is 1.34. The number of carboxylic acids is 1. The molecule has 4 rings (SSSR count). The lowest BCUT2D eigenvalue weighted by molar-refractivity contribution is -0.121. The van der Waals surface area contributed by atoms with Crippen molar-refractivity contribution in [2.75, 3.05) is 12.3 Å². The fourth-order valence-electron chi connectivity index (χ4n) is 3.63. The summed E-state index contributed by atoms with van der Waals surface area (Å²) in [7, 11) is 0. The van der Waals surface area contributed by atoms with Gasteiger partial charge >= 0.3 is 5.97 Å². The number of nitrogens with one attached hydrogen (secondary N) is 1. The van der Waals surface area contributed by atoms with E-state index in [4.69, 9.17) is 27.2 Å². The van der Waals surface area contributed by atoms with Crippen molar-refractivity contribution in [2.24, 2.45) is 0 Å². The van der Waals surface area contributed by atoms with E-state index in [0.29, 0.717) is 42.4 Å². The van der Waals surface area contributed by atoms with Gasteiger partial charge in [-0.3, -0.25) is 4.79 Å². The highest BCUT2D eigenvalue weighted by molar-refractivity contribution is 6.32. The Labute approximate surface area is 190 Å². The molecule has 32 heavy (non-hydrogen) atoms. The molecule has 1 aliphatic rings. The molecule has 7 nitrogen and oxygen atoms in total. The molecule has 164 valence electrons. The molecular weight excluding hydrogens is 430 g/mol. The average molecular weight is 452 g/mol. The molecule has 2 heterocycles. The summed E-state index contributed by atoms with van der Waals surface area (Å²) in [6.45, 7) is 0.381. The lowest BCUT2D eigenvalue weighted by atomic mass is 10.00. The van der Waals surface area contributed by atoms with Crippen molar-refractivity contribution in [3.8, 4) is 16.9 Å². The number of aromatic carboxylic acids is 1. The van der Waals surface area contributed by atoms with Crippen LogP contribution in [0.15, 0.2) is 54.7 Å². The first-order valence-corrected chi connectivity index (χ1v) is 10.6. The molecule has 0 spiro atoms. The number of amides is 1. The van der Waals surface area contributed by atoms with E-state index in [0.717, 1.165) is 22.3 Å². The minimum absolute atomic E-state index is 0.0633. The molecule has 0 fully saturated rings. The lowest BCUT2D eigenvalue weighted by Gasteiger charge is -2.12. The molecule has 8 heteroatoms. The van der Waals surface area contributed by atoms with Crippen LogP contribution in [0.1, 0.15) is 27.9 Å². The van der Waals surface area contributed by atoms with Gasteiger partial charge in [-0.05, 0) is 53.4 Å². The van der Waals surface area contributed by atoms with Crippen LogP contribution in [0.3, 0.4) is 0 Å². The van der Waals surface area contributed by atoms with Crippen molar-refractivity contribution in [1.29, 1.82) is 0 Å². The quantitative estimate of drug-likeness (QED) is 0.504. The highest BCUT2D eigenvalue weighted by Crippen LogP contribution is 2.39. The first-order chi connectivity index (χ1) is 15.4. The summed E-state index contributed by atoms with van der Waals surface area (Å²) in [6.07, 6.45) is 3.03. The summed E-state index contributed by atoms with van der Waals surface area (Å²) in [5, 5.41) is 12.5. The Kier molecular flexibility index (Phi) is 6.28. The predicted octanol–water partition coefficient (Wildman–Crippen LogP) is 3.73. The van der Waals surface area contributed by atoms with E-state index < -0.39 is 5.97 Å². The number of halogens is 1.